The summed E-state index contributed by atoms with van der Waals surface area (Å²) >= 11 is 32.0. The molecule has 18 heteroatoms. The molecule has 2 bridgehead atoms. The highest BCUT2D eigenvalue weighted by Gasteiger charge is 2.44. The van der Waals surface area contributed by atoms with Crippen LogP contribution in [0, 0.1) is 22.7 Å². The van der Waals surface area contributed by atoms with E-state index in [0.717, 1.165) is 23.0 Å². The van der Waals surface area contributed by atoms with E-state index in [2.05, 4.69) is 148 Å². The average molecular weight is 1270 g/mol. The smallest absolute Gasteiger partial charge is 0.0717 e. The van der Waals surface area contributed by atoms with Crippen molar-refractivity contribution in [1.82, 2.24) is 0 Å². The van der Waals surface area contributed by atoms with Gasteiger partial charge in [-0.05, 0) is 93.2 Å². The molecule has 3 aliphatic carbocycles. The van der Waals surface area contributed by atoms with Crippen LogP contribution in [0.3, 0.4) is 0 Å². The van der Waals surface area contributed by atoms with E-state index in [1.54, 1.807) is 0 Å². The molecule has 2 nitrogen and oxygen atoms in total. The van der Waals surface area contributed by atoms with Gasteiger partial charge in [-0.1, -0.05) is 208 Å². The minimum absolute atomic E-state index is 0.191. The second-order valence-electron chi connectivity index (χ2n) is 17.5. The quantitative estimate of drug-likeness (QED) is 0.0446. The third-order valence-electron chi connectivity index (χ3n) is 12.3. The molecule has 4 heterocycles. The van der Waals surface area contributed by atoms with Crippen molar-refractivity contribution >= 4 is 188 Å². The van der Waals surface area contributed by atoms with Crippen LogP contribution in [0.2, 0.25) is 0 Å². The van der Waals surface area contributed by atoms with Crippen LogP contribution in [-0.2, 0) is 11.5 Å². The minimum Gasteiger partial charge on any atom is -0.198 e. The zero-order valence-electron chi connectivity index (χ0n) is 42.1. The molecule has 74 heavy (non-hydrogen) atoms. The van der Waals surface area contributed by atoms with E-state index in [0.29, 0.717) is 12.8 Å². The molecule has 3 aromatic carbocycles. The Morgan fingerprint density at radius 2 is 0.622 bits per heavy atom. The number of nitrogens with zero attached hydrogens (tertiary/aromatic N) is 2. The molecule has 0 aromatic heterocycles. The third kappa shape index (κ3) is 14.6. The van der Waals surface area contributed by atoms with Crippen molar-refractivity contribution in [3.05, 3.63) is 156 Å². The maximum atomic E-state index is 9.59. The Morgan fingerprint density at radius 1 is 0.365 bits per heavy atom. The van der Waals surface area contributed by atoms with Crippen LogP contribution < -0.4 is 0 Å². The maximum Gasteiger partial charge on any atom is 0.0717 e. The summed E-state index contributed by atoms with van der Waals surface area (Å²) in [5, 5.41) is 19.2. The third-order valence-corrected chi connectivity index (χ3v) is 35.9. The molecule has 0 N–H and O–H groups in total. The fraction of sp³-hybridized carbons (Fsp3) is 0.429. The first-order valence-electron chi connectivity index (χ1n) is 25.4. The topological polar surface area (TPSA) is 47.6 Å². The fourth-order valence-corrected chi connectivity index (χ4v) is 33.2. The maximum absolute atomic E-state index is 9.59. The molecule has 4 aliphatic heterocycles. The Labute approximate surface area is 510 Å². The second-order valence-corrected chi connectivity index (χ2v) is 37.4. The largest absolute Gasteiger partial charge is 0.198 e. The lowest BCUT2D eigenvalue weighted by atomic mass is 9.59. The van der Waals surface area contributed by atoms with Crippen molar-refractivity contribution in [2.45, 2.75) is 115 Å². The van der Waals surface area contributed by atoms with Crippen LogP contribution in [0.25, 0.3) is 0 Å². The first kappa shape index (κ1) is 59.3. The zero-order chi connectivity index (χ0) is 51.2. The van der Waals surface area contributed by atoms with Gasteiger partial charge in [0.05, 0.1) is 63.0 Å². The molecule has 0 amide bonds. The molecule has 0 atom stereocenters. The molecule has 0 fully saturated rings. The molecule has 0 saturated heterocycles. The molecule has 390 valence electrons. The lowest BCUT2D eigenvalue weighted by molar-refractivity contribution is 0.741. The van der Waals surface area contributed by atoms with E-state index >= 15 is 0 Å². The summed E-state index contributed by atoms with van der Waals surface area (Å²) in [5.41, 5.74) is 11.8. The average Bonchev–Trinajstić information content (AvgIpc) is 4.24. The van der Waals surface area contributed by atoms with E-state index in [1.807, 2.05) is 141 Å². The van der Waals surface area contributed by atoms with Crippen LogP contribution in [0.1, 0.15) is 148 Å². The normalized spacial score (nSPS) is 18.9. The van der Waals surface area contributed by atoms with Crippen molar-refractivity contribution in [2.75, 3.05) is 34.5 Å². The summed E-state index contributed by atoms with van der Waals surface area (Å²) in [6.07, 6.45) is 11.0. The second kappa shape index (κ2) is 30.7. The summed E-state index contributed by atoms with van der Waals surface area (Å²) < 4.78 is 17.2. The zero-order valence-corrected chi connectivity index (χ0v) is 55.1. The van der Waals surface area contributed by atoms with E-state index < -0.39 is 0 Å². The van der Waals surface area contributed by atoms with Gasteiger partial charge >= 0.3 is 0 Å². The lowest BCUT2D eigenvalue weighted by Gasteiger charge is -2.44. The van der Waals surface area contributed by atoms with Crippen molar-refractivity contribution < 1.29 is 0 Å². The molecule has 0 saturated carbocycles. The van der Waals surface area contributed by atoms with Gasteiger partial charge in [0.1, 0.15) is 0 Å². The number of nitriles is 2. The number of hydrogen-bond donors (Lipinski definition) is 0. The number of unbranched alkanes of at least 4 members (excludes halogenated alkanes) is 4. The summed E-state index contributed by atoms with van der Waals surface area (Å²) in [6, 6.07) is 28.4. The Hall–Kier alpha value is 0.680. The lowest BCUT2D eigenvalue weighted by Crippen LogP contribution is -2.29. The molecule has 0 spiro atoms. The number of benzene rings is 3. The van der Waals surface area contributed by atoms with Crippen LogP contribution in [0.5, 0.6) is 0 Å². The van der Waals surface area contributed by atoms with E-state index in [4.69, 9.17) is 0 Å². The fourth-order valence-electron chi connectivity index (χ4n) is 8.72. The Kier molecular flexibility index (Phi) is 24.6. The van der Waals surface area contributed by atoms with Gasteiger partial charge in [-0.25, -0.2) is 0 Å². The van der Waals surface area contributed by atoms with Crippen molar-refractivity contribution in [2.24, 2.45) is 0 Å². The van der Waals surface area contributed by atoms with Gasteiger partial charge in [0.15, 0.2) is 0 Å². The van der Waals surface area contributed by atoms with Crippen LogP contribution in [-0.4, -0.2) is 34.5 Å². The van der Waals surface area contributed by atoms with Crippen LogP contribution >= 0.6 is 188 Å². The molecule has 3 aromatic rings. The Morgan fingerprint density at radius 3 is 0.878 bits per heavy atom. The summed E-state index contributed by atoms with van der Waals surface area (Å²) in [6.45, 7) is 9.17. The first-order chi connectivity index (χ1) is 36.5. The summed E-state index contributed by atoms with van der Waals surface area (Å²) in [5.74, 6) is 8.55. The monoisotopic (exact) mass is 1270 g/mol. The highest BCUT2D eigenvalue weighted by molar-refractivity contribution is 8.46. The molecule has 7 aliphatic rings. The van der Waals surface area contributed by atoms with Gasteiger partial charge in [-0.2, -0.15) is 10.5 Å². The van der Waals surface area contributed by atoms with Crippen molar-refractivity contribution in [3.8, 4) is 12.1 Å². The van der Waals surface area contributed by atoms with Crippen LogP contribution in [0.4, 0.5) is 0 Å². The van der Waals surface area contributed by atoms with E-state index in [1.165, 1.54) is 170 Å². The summed E-state index contributed by atoms with van der Waals surface area (Å²) in [7, 11) is 0. The van der Waals surface area contributed by atoms with Crippen LogP contribution in [0.15, 0.2) is 112 Å². The van der Waals surface area contributed by atoms with Gasteiger partial charge in [0.25, 0.3) is 0 Å². The number of rotatable bonds is 28. The highest BCUT2D eigenvalue weighted by atomic mass is 32.3. The van der Waals surface area contributed by atoms with Gasteiger partial charge in [0, 0.05) is 47.7 Å². The van der Waals surface area contributed by atoms with Gasteiger partial charge in [0.2, 0.25) is 0 Å². The molecule has 0 unspecified atom stereocenters. The minimum atomic E-state index is 0.191. The van der Waals surface area contributed by atoms with E-state index in [-0.39, 0.29) is 11.8 Å². The van der Waals surface area contributed by atoms with Gasteiger partial charge in [-0.3, -0.25) is 0 Å². The molecular formula is C56H60N2S16. The van der Waals surface area contributed by atoms with Crippen molar-refractivity contribution in [3.63, 3.8) is 0 Å². The summed E-state index contributed by atoms with van der Waals surface area (Å²) in [4.78, 5) is 0. The predicted octanol–water partition coefficient (Wildman–Crippen LogP) is 23.2. The molecule has 10 rings (SSSR count). The molecular weight excluding hydrogens is 1210 g/mol. The first-order valence-corrected chi connectivity index (χ1v) is 39.9. The number of hydrogen-bond acceptors (Lipinski definition) is 18. The standard InChI is InChI=1S/C56H60N2S16/c1-5-9-27-59-45-46(60-28-10-6-2)68-53(67-45)55-71-49(63-31-17-25-57)51(73-55)65-33-35-23-24-36(42-41(35)43-37-19-13-15-21-39(37)44(42)40-22-16-14-20-38(40)43)34-66-52-50(64-32-18-26-58)72-56(74-52)54-69-47(61-29-11-7-3)48(70-54)62-30-12-8-4/h13-16,19-24,43-44H,5-12,17-18,27-34H2,1-4H3. The van der Waals surface area contributed by atoms with Gasteiger partial charge in [-0.15, -0.1) is 94.1 Å². The predicted molar refractivity (Wildman–Crippen MR) is 362 cm³/mol. The number of thioether (sulfide) groups is 16. The van der Waals surface area contributed by atoms with Crippen molar-refractivity contribution in [1.29, 1.82) is 10.5 Å². The SMILES string of the molecule is CCCCSC1=C(SCCCC)SC(=C2SC(SCCC#N)=C(SCc3ccc(CSC4=C(SCCC#N)SC(=C5SC(SCCCC)=C(SCCCC)S5)S4)c4c3C3c5ccccc5C4c4ccccc43)S2)S1. The van der Waals surface area contributed by atoms with Gasteiger partial charge < -0.3 is 0 Å². The Bertz CT molecular complexity index is 2530. The molecule has 0 radical (unpaired) electrons. The Balaban J connectivity index is 1.01. The van der Waals surface area contributed by atoms with E-state index in [9.17, 15) is 10.5 Å². The highest BCUT2D eigenvalue weighted by Crippen LogP contribution is 2.69.